The first-order chi connectivity index (χ1) is 12.0. The number of aromatic nitrogens is 2. The number of carbonyl (C=O) groups is 2. The monoisotopic (exact) mass is 348 g/mol. The molecular weight excluding hydrogens is 320 g/mol. The number of aliphatic hydroxyl groups excluding tert-OH is 1. The molecule has 0 radical (unpaired) electrons. The third-order valence-corrected chi connectivity index (χ3v) is 4.74. The highest BCUT2D eigenvalue weighted by atomic mass is 16.3. The van der Waals surface area contributed by atoms with Crippen LogP contribution >= 0.6 is 0 Å². The van der Waals surface area contributed by atoms with Gasteiger partial charge in [0, 0.05) is 19.0 Å². The van der Waals surface area contributed by atoms with E-state index < -0.39 is 6.10 Å². The van der Waals surface area contributed by atoms with Gasteiger partial charge in [0.25, 0.3) is 5.91 Å². The van der Waals surface area contributed by atoms with E-state index in [1.54, 1.807) is 6.20 Å². The van der Waals surface area contributed by atoms with E-state index in [4.69, 9.17) is 0 Å². The van der Waals surface area contributed by atoms with E-state index >= 15 is 0 Å². The Balaban J connectivity index is 1.66. The number of hydrogen-bond acceptors (Lipinski definition) is 4. The molecule has 1 aromatic rings. The van der Waals surface area contributed by atoms with Crippen LogP contribution in [-0.4, -0.2) is 50.8 Å². The Hall–Kier alpha value is -1.89. The predicted molar refractivity (Wildman–Crippen MR) is 94.1 cm³/mol. The average Bonchev–Trinajstić information content (AvgIpc) is 3.33. The Morgan fingerprint density at radius 1 is 1.36 bits per heavy atom. The molecule has 2 fully saturated rings. The van der Waals surface area contributed by atoms with Gasteiger partial charge < -0.3 is 15.3 Å². The van der Waals surface area contributed by atoms with Crippen molar-refractivity contribution in [2.45, 2.75) is 64.5 Å². The van der Waals surface area contributed by atoms with Crippen LogP contribution in [0.2, 0.25) is 0 Å². The summed E-state index contributed by atoms with van der Waals surface area (Å²) in [7, 11) is 0. The van der Waals surface area contributed by atoms with E-state index in [9.17, 15) is 14.7 Å². The van der Waals surface area contributed by atoms with Gasteiger partial charge in [-0.15, -0.1) is 0 Å². The Morgan fingerprint density at radius 2 is 2.12 bits per heavy atom. The first kappa shape index (κ1) is 17.9. The van der Waals surface area contributed by atoms with Crippen molar-refractivity contribution in [1.82, 2.24) is 14.7 Å². The number of nitrogens with zero attached hydrogens (tertiary/aromatic N) is 3. The molecule has 3 rings (SSSR count). The van der Waals surface area contributed by atoms with Crippen molar-refractivity contribution in [3.05, 3.63) is 11.9 Å². The van der Waals surface area contributed by atoms with Crippen molar-refractivity contribution in [2.24, 2.45) is 5.92 Å². The minimum absolute atomic E-state index is 0.0185. The zero-order valence-electron chi connectivity index (χ0n) is 15.1. The molecule has 2 amide bonds. The molecule has 138 valence electrons. The molecule has 0 bridgehead atoms. The van der Waals surface area contributed by atoms with E-state index in [0.717, 1.165) is 43.6 Å². The standard InChI is InChI=1S/C18H28N4O3/c1-12(2)10-22-17(13-6-7-13)14(9-19-22)20-16(24)11-21-8-4-3-5-15(23)18(21)25/h9,12-13,15,23H,3-8,10-11H2,1-2H3,(H,20,24). The zero-order chi connectivity index (χ0) is 18.0. The number of aliphatic hydroxyl groups is 1. The van der Waals surface area contributed by atoms with Crippen molar-refractivity contribution >= 4 is 17.5 Å². The van der Waals surface area contributed by atoms with Gasteiger partial charge in [-0.1, -0.05) is 13.8 Å². The number of hydrogen-bond donors (Lipinski definition) is 2. The molecule has 2 heterocycles. The van der Waals surface area contributed by atoms with Gasteiger partial charge in [0.15, 0.2) is 0 Å². The fourth-order valence-corrected chi connectivity index (χ4v) is 3.37. The number of rotatable bonds is 6. The summed E-state index contributed by atoms with van der Waals surface area (Å²) in [6.45, 7) is 5.62. The minimum atomic E-state index is -0.980. The highest BCUT2D eigenvalue weighted by Crippen LogP contribution is 2.43. The summed E-state index contributed by atoms with van der Waals surface area (Å²) in [6, 6.07) is 0. The van der Waals surface area contributed by atoms with Crippen LogP contribution in [0.25, 0.3) is 0 Å². The van der Waals surface area contributed by atoms with Crippen LogP contribution in [0.3, 0.4) is 0 Å². The van der Waals surface area contributed by atoms with Gasteiger partial charge in [-0.3, -0.25) is 14.3 Å². The lowest BCUT2D eigenvalue weighted by atomic mass is 10.2. The summed E-state index contributed by atoms with van der Waals surface area (Å²) in [5.41, 5.74) is 1.86. The Morgan fingerprint density at radius 3 is 2.80 bits per heavy atom. The molecule has 1 saturated heterocycles. The Labute approximate surface area is 148 Å². The number of carbonyl (C=O) groups excluding carboxylic acids is 2. The molecule has 7 nitrogen and oxygen atoms in total. The van der Waals surface area contributed by atoms with Crippen LogP contribution in [0, 0.1) is 5.92 Å². The van der Waals surface area contributed by atoms with Crippen molar-refractivity contribution in [3.8, 4) is 0 Å². The van der Waals surface area contributed by atoms with Gasteiger partial charge in [0.1, 0.15) is 6.10 Å². The average molecular weight is 348 g/mol. The molecule has 1 aliphatic heterocycles. The van der Waals surface area contributed by atoms with Gasteiger partial charge in [-0.25, -0.2) is 0 Å². The third kappa shape index (κ3) is 4.39. The van der Waals surface area contributed by atoms with Crippen LogP contribution in [0.5, 0.6) is 0 Å². The number of anilines is 1. The SMILES string of the molecule is CC(C)Cn1ncc(NC(=O)CN2CCCCC(O)C2=O)c1C1CC1. The van der Waals surface area contributed by atoms with E-state index in [1.807, 2.05) is 4.68 Å². The second-order valence-electron chi connectivity index (χ2n) is 7.61. The second-order valence-corrected chi connectivity index (χ2v) is 7.61. The summed E-state index contributed by atoms with van der Waals surface area (Å²) >= 11 is 0. The van der Waals surface area contributed by atoms with Crippen LogP contribution < -0.4 is 5.32 Å². The van der Waals surface area contributed by atoms with Crippen molar-refractivity contribution < 1.29 is 14.7 Å². The lowest BCUT2D eigenvalue weighted by molar-refractivity contribution is -0.141. The topological polar surface area (TPSA) is 87.5 Å². The first-order valence-corrected chi connectivity index (χ1v) is 9.28. The molecule has 7 heteroatoms. The van der Waals surface area contributed by atoms with E-state index in [1.165, 1.54) is 4.90 Å². The highest BCUT2D eigenvalue weighted by molar-refractivity contribution is 5.95. The molecule has 2 aliphatic rings. The molecule has 1 unspecified atom stereocenters. The maximum absolute atomic E-state index is 12.4. The predicted octanol–water partition coefficient (Wildman–Crippen LogP) is 1.73. The molecule has 0 spiro atoms. The molecule has 1 aromatic heterocycles. The van der Waals surface area contributed by atoms with E-state index in [0.29, 0.717) is 24.8 Å². The molecule has 0 aromatic carbocycles. The minimum Gasteiger partial charge on any atom is -0.383 e. The summed E-state index contributed by atoms with van der Waals surface area (Å²) in [5.74, 6) is 0.384. The number of amides is 2. The van der Waals surface area contributed by atoms with Crippen molar-refractivity contribution in [3.63, 3.8) is 0 Å². The normalized spacial score (nSPS) is 21.5. The second kappa shape index (κ2) is 7.56. The maximum atomic E-state index is 12.4. The summed E-state index contributed by atoms with van der Waals surface area (Å²) < 4.78 is 2.00. The fourth-order valence-electron chi connectivity index (χ4n) is 3.37. The van der Waals surface area contributed by atoms with Gasteiger partial charge in [-0.2, -0.15) is 5.10 Å². The smallest absolute Gasteiger partial charge is 0.251 e. The zero-order valence-corrected chi connectivity index (χ0v) is 15.1. The van der Waals surface area contributed by atoms with Gasteiger partial charge >= 0.3 is 0 Å². The van der Waals surface area contributed by atoms with Crippen LogP contribution in [0.4, 0.5) is 5.69 Å². The molecule has 25 heavy (non-hydrogen) atoms. The van der Waals surface area contributed by atoms with Gasteiger partial charge in [-0.05, 0) is 38.0 Å². The molecule has 1 atom stereocenters. The van der Waals surface area contributed by atoms with E-state index in [2.05, 4.69) is 24.3 Å². The first-order valence-electron chi connectivity index (χ1n) is 9.28. The molecule has 2 N–H and O–H groups in total. The maximum Gasteiger partial charge on any atom is 0.251 e. The third-order valence-electron chi connectivity index (χ3n) is 4.74. The quantitative estimate of drug-likeness (QED) is 0.819. The summed E-state index contributed by atoms with van der Waals surface area (Å²) in [4.78, 5) is 26.0. The Bertz CT molecular complexity index is 636. The largest absolute Gasteiger partial charge is 0.383 e. The lowest BCUT2D eigenvalue weighted by Crippen LogP contribution is -2.42. The molecule has 1 saturated carbocycles. The van der Waals surface area contributed by atoms with Crippen LogP contribution in [0.1, 0.15) is 57.6 Å². The van der Waals surface area contributed by atoms with Gasteiger partial charge in [0.05, 0.1) is 24.1 Å². The Kier molecular flexibility index (Phi) is 5.42. The molecular formula is C18H28N4O3. The fraction of sp³-hybridized carbons (Fsp3) is 0.722. The number of likely N-dealkylation sites (tertiary alicyclic amines) is 1. The van der Waals surface area contributed by atoms with E-state index in [-0.39, 0.29) is 18.4 Å². The van der Waals surface area contributed by atoms with Crippen molar-refractivity contribution in [1.29, 1.82) is 0 Å². The van der Waals surface area contributed by atoms with Crippen LogP contribution in [0.15, 0.2) is 6.20 Å². The highest BCUT2D eigenvalue weighted by Gasteiger charge is 2.32. The van der Waals surface area contributed by atoms with Crippen molar-refractivity contribution in [2.75, 3.05) is 18.4 Å². The molecule has 1 aliphatic carbocycles. The van der Waals surface area contributed by atoms with Gasteiger partial charge in [0.2, 0.25) is 5.91 Å². The number of nitrogens with one attached hydrogen (secondary N) is 1. The summed E-state index contributed by atoms with van der Waals surface area (Å²) in [6.07, 6.45) is 5.09. The summed E-state index contributed by atoms with van der Waals surface area (Å²) in [5, 5.41) is 17.2. The van der Waals surface area contributed by atoms with Crippen LogP contribution in [-0.2, 0) is 16.1 Å². The lowest BCUT2D eigenvalue weighted by Gasteiger charge is -2.21.